The Morgan fingerprint density at radius 2 is 1.90 bits per heavy atom. The maximum atomic E-state index is 13.0. The standard InChI is InChI=1S/C19H15F2N5O3/c20-16(21)18-24-23-17(29-18)11-5-6-12(22-7-11)8-25-14-3-1-2-4-15(14)26(19(25)27)13-9-28-10-13/h1-7,13,16H,8-10H2. The first-order valence-electron chi connectivity index (χ1n) is 8.96. The smallest absolute Gasteiger partial charge is 0.329 e. The maximum Gasteiger partial charge on any atom is 0.329 e. The van der Waals surface area contributed by atoms with Crippen LogP contribution < -0.4 is 5.69 Å². The van der Waals surface area contributed by atoms with Crippen molar-refractivity contribution in [1.82, 2.24) is 24.3 Å². The van der Waals surface area contributed by atoms with Gasteiger partial charge in [-0.2, -0.15) is 8.78 Å². The molecule has 0 spiro atoms. The number of benzene rings is 1. The zero-order valence-electron chi connectivity index (χ0n) is 15.0. The number of fused-ring (bicyclic) bond motifs is 1. The first-order chi connectivity index (χ1) is 14.1. The summed E-state index contributed by atoms with van der Waals surface area (Å²) in [6.45, 7) is 1.31. The van der Waals surface area contributed by atoms with Crippen LogP contribution in [0.3, 0.4) is 0 Å². The molecule has 1 aromatic carbocycles. The molecule has 148 valence electrons. The zero-order chi connectivity index (χ0) is 20.0. The van der Waals surface area contributed by atoms with Crippen LogP contribution in [0, 0.1) is 0 Å². The van der Waals surface area contributed by atoms with Crippen LogP contribution in [0.1, 0.15) is 24.1 Å². The molecule has 1 aliphatic rings. The summed E-state index contributed by atoms with van der Waals surface area (Å²) in [4.78, 5) is 17.4. The average molecular weight is 399 g/mol. The minimum Gasteiger partial charge on any atom is -0.415 e. The highest BCUT2D eigenvalue weighted by molar-refractivity contribution is 5.76. The fraction of sp³-hybridized carbons (Fsp3) is 0.263. The third kappa shape index (κ3) is 3.01. The van der Waals surface area contributed by atoms with E-state index in [0.717, 1.165) is 11.0 Å². The molecule has 4 aromatic rings. The summed E-state index contributed by atoms with van der Waals surface area (Å²) in [7, 11) is 0. The molecule has 0 unspecified atom stereocenters. The molecule has 0 aliphatic carbocycles. The van der Waals surface area contributed by atoms with Gasteiger partial charge in [-0.1, -0.05) is 12.1 Å². The number of pyridine rings is 1. The van der Waals surface area contributed by atoms with Crippen molar-refractivity contribution in [2.75, 3.05) is 13.2 Å². The number of para-hydroxylation sites is 2. The third-order valence-corrected chi connectivity index (χ3v) is 4.87. The molecular formula is C19H15F2N5O3. The lowest BCUT2D eigenvalue weighted by Gasteiger charge is -2.27. The van der Waals surface area contributed by atoms with E-state index in [2.05, 4.69) is 15.2 Å². The Balaban J connectivity index is 1.47. The van der Waals surface area contributed by atoms with E-state index in [1.54, 1.807) is 21.3 Å². The monoisotopic (exact) mass is 399 g/mol. The van der Waals surface area contributed by atoms with Gasteiger partial charge in [-0.25, -0.2) is 4.79 Å². The maximum absolute atomic E-state index is 13.0. The van der Waals surface area contributed by atoms with Gasteiger partial charge in [0.05, 0.1) is 48.1 Å². The number of imidazole rings is 1. The SMILES string of the molecule is O=c1n(Cc2ccc(-c3nnc(C(F)F)o3)cn2)c2ccccc2n1C1COC1. The Morgan fingerprint density at radius 1 is 1.10 bits per heavy atom. The van der Waals surface area contributed by atoms with Crippen LogP contribution in [0.4, 0.5) is 8.78 Å². The van der Waals surface area contributed by atoms with E-state index in [0.29, 0.717) is 24.5 Å². The molecular weight excluding hydrogens is 384 g/mol. The third-order valence-electron chi connectivity index (χ3n) is 4.87. The molecule has 0 radical (unpaired) electrons. The summed E-state index contributed by atoms with van der Waals surface area (Å²) in [5, 5.41) is 6.92. The largest absolute Gasteiger partial charge is 0.415 e. The fourth-order valence-electron chi connectivity index (χ4n) is 3.36. The van der Waals surface area contributed by atoms with E-state index in [1.165, 1.54) is 6.20 Å². The van der Waals surface area contributed by atoms with Gasteiger partial charge in [0.2, 0.25) is 5.89 Å². The summed E-state index contributed by atoms with van der Waals surface area (Å²) in [6, 6.07) is 11.0. The Labute approximate surface area is 162 Å². The van der Waals surface area contributed by atoms with E-state index in [4.69, 9.17) is 9.15 Å². The second-order valence-electron chi connectivity index (χ2n) is 6.70. The first kappa shape index (κ1) is 17.7. The highest BCUT2D eigenvalue weighted by Gasteiger charge is 2.26. The minimum absolute atomic E-state index is 0.0295. The van der Waals surface area contributed by atoms with Crippen LogP contribution in [0.25, 0.3) is 22.5 Å². The lowest BCUT2D eigenvalue weighted by Crippen LogP contribution is -2.38. The van der Waals surface area contributed by atoms with Gasteiger partial charge in [0, 0.05) is 6.20 Å². The van der Waals surface area contributed by atoms with Crippen molar-refractivity contribution in [3.63, 3.8) is 0 Å². The van der Waals surface area contributed by atoms with Crippen molar-refractivity contribution in [3.05, 3.63) is 64.7 Å². The highest BCUT2D eigenvalue weighted by atomic mass is 19.3. The number of alkyl halides is 2. The van der Waals surface area contributed by atoms with E-state index in [-0.39, 0.29) is 24.2 Å². The van der Waals surface area contributed by atoms with Crippen LogP contribution in [0.5, 0.6) is 0 Å². The molecule has 29 heavy (non-hydrogen) atoms. The predicted molar refractivity (Wildman–Crippen MR) is 97.6 cm³/mol. The summed E-state index contributed by atoms with van der Waals surface area (Å²) < 4.78 is 38.8. The zero-order valence-corrected chi connectivity index (χ0v) is 15.0. The lowest BCUT2D eigenvalue weighted by molar-refractivity contribution is -0.0231. The van der Waals surface area contributed by atoms with E-state index < -0.39 is 12.3 Å². The number of nitrogens with zero attached hydrogens (tertiary/aromatic N) is 5. The number of hydrogen-bond donors (Lipinski definition) is 0. The predicted octanol–water partition coefficient (Wildman–Crippen LogP) is 2.81. The second-order valence-corrected chi connectivity index (χ2v) is 6.70. The van der Waals surface area contributed by atoms with Crippen molar-refractivity contribution in [2.45, 2.75) is 19.0 Å². The molecule has 0 bridgehead atoms. The van der Waals surface area contributed by atoms with Crippen molar-refractivity contribution in [2.24, 2.45) is 0 Å². The summed E-state index contributed by atoms with van der Waals surface area (Å²) in [5.74, 6) is -0.762. The van der Waals surface area contributed by atoms with E-state index >= 15 is 0 Å². The Hall–Kier alpha value is -3.40. The first-order valence-corrected chi connectivity index (χ1v) is 8.96. The van der Waals surface area contributed by atoms with E-state index in [1.807, 2.05) is 24.3 Å². The number of aromatic nitrogens is 5. The Morgan fingerprint density at radius 3 is 2.52 bits per heavy atom. The molecule has 0 atom stereocenters. The second kappa shape index (κ2) is 6.89. The van der Waals surface area contributed by atoms with Gasteiger partial charge in [-0.3, -0.25) is 14.1 Å². The number of ether oxygens (including phenoxy) is 1. The van der Waals surface area contributed by atoms with Gasteiger partial charge in [0.1, 0.15) is 0 Å². The molecule has 4 heterocycles. The van der Waals surface area contributed by atoms with Crippen LogP contribution in [-0.2, 0) is 11.3 Å². The molecule has 1 aliphatic heterocycles. The molecule has 0 N–H and O–H groups in total. The van der Waals surface area contributed by atoms with Gasteiger partial charge in [0.25, 0.3) is 5.89 Å². The summed E-state index contributed by atoms with van der Waals surface area (Å²) in [5.41, 5.74) is 2.61. The number of rotatable bonds is 5. The van der Waals surface area contributed by atoms with Gasteiger partial charge in [-0.05, 0) is 24.3 Å². The van der Waals surface area contributed by atoms with Gasteiger partial charge < -0.3 is 9.15 Å². The quantitative estimate of drug-likeness (QED) is 0.513. The molecule has 1 fully saturated rings. The fourth-order valence-corrected chi connectivity index (χ4v) is 3.36. The summed E-state index contributed by atoms with van der Waals surface area (Å²) in [6.07, 6.45) is -1.36. The van der Waals surface area contributed by atoms with Crippen molar-refractivity contribution >= 4 is 11.0 Å². The summed E-state index contributed by atoms with van der Waals surface area (Å²) >= 11 is 0. The molecule has 1 saturated heterocycles. The minimum atomic E-state index is -2.83. The topological polar surface area (TPSA) is 88.0 Å². The normalized spacial score (nSPS) is 14.6. The van der Waals surface area contributed by atoms with Gasteiger partial charge in [-0.15, -0.1) is 10.2 Å². The van der Waals surface area contributed by atoms with Crippen LogP contribution in [-0.4, -0.2) is 37.5 Å². The van der Waals surface area contributed by atoms with Crippen LogP contribution in [0.15, 0.2) is 51.8 Å². The highest BCUT2D eigenvalue weighted by Crippen LogP contribution is 2.24. The molecule has 8 nitrogen and oxygen atoms in total. The Kier molecular flexibility index (Phi) is 4.20. The van der Waals surface area contributed by atoms with Gasteiger partial charge >= 0.3 is 12.1 Å². The number of hydrogen-bond acceptors (Lipinski definition) is 6. The van der Waals surface area contributed by atoms with Crippen molar-refractivity contribution < 1.29 is 17.9 Å². The van der Waals surface area contributed by atoms with Crippen molar-refractivity contribution in [1.29, 1.82) is 0 Å². The molecule has 10 heteroatoms. The molecule has 0 saturated carbocycles. The van der Waals surface area contributed by atoms with Crippen LogP contribution >= 0.6 is 0 Å². The molecule has 5 rings (SSSR count). The van der Waals surface area contributed by atoms with Gasteiger partial charge in [0.15, 0.2) is 0 Å². The van der Waals surface area contributed by atoms with E-state index in [9.17, 15) is 13.6 Å². The number of halogens is 2. The lowest BCUT2D eigenvalue weighted by atomic mass is 10.2. The van der Waals surface area contributed by atoms with Crippen molar-refractivity contribution in [3.8, 4) is 11.5 Å². The Bertz CT molecular complexity index is 1220. The molecule has 0 amide bonds. The average Bonchev–Trinajstić information content (AvgIpc) is 3.28. The van der Waals surface area contributed by atoms with Crippen LogP contribution in [0.2, 0.25) is 0 Å². The molecule has 3 aromatic heterocycles.